The van der Waals surface area contributed by atoms with Crippen LogP contribution in [0.15, 0.2) is 12.2 Å². The number of allylic oxidation sites excluding steroid dienone is 2. The molecule has 0 atom stereocenters. The van der Waals surface area contributed by atoms with Crippen LogP contribution >= 0.6 is 0 Å². The standard InChI is InChI=1S/C17H30O4/c1-3-5-6-7-8-9-10-11-15-21-17(19)13-12-16(18)20-14-4-2/h8-9H,3-7,10-15H2,1-2H3/b9-8+. The van der Waals surface area contributed by atoms with Gasteiger partial charge in [0.2, 0.25) is 0 Å². The highest BCUT2D eigenvalue weighted by atomic mass is 16.5. The van der Waals surface area contributed by atoms with Gasteiger partial charge in [-0.05, 0) is 32.1 Å². The maximum absolute atomic E-state index is 11.4. The number of carbonyl (C=O) groups is 2. The van der Waals surface area contributed by atoms with Crippen LogP contribution in [0.4, 0.5) is 0 Å². The molecule has 0 saturated carbocycles. The predicted octanol–water partition coefficient (Wildman–Crippen LogP) is 4.18. The fourth-order valence-corrected chi connectivity index (χ4v) is 1.70. The summed E-state index contributed by atoms with van der Waals surface area (Å²) in [5.74, 6) is -0.654. The lowest BCUT2D eigenvalue weighted by molar-refractivity contribution is -0.150. The Kier molecular flexibility index (Phi) is 14.1. The molecule has 4 nitrogen and oxygen atoms in total. The van der Waals surface area contributed by atoms with Gasteiger partial charge in [0, 0.05) is 0 Å². The van der Waals surface area contributed by atoms with E-state index in [0.29, 0.717) is 13.2 Å². The Labute approximate surface area is 128 Å². The maximum atomic E-state index is 11.4. The van der Waals surface area contributed by atoms with Crippen LogP contribution in [0, 0.1) is 0 Å². The minimum Gasteiger partial charge on any atom is -0.466 e. The summed E-state index contributed by atoms with van der Waals surface area (Å²) in [5, 5.41) is 0. The van der Waals surface area contributed by atoms with E-state index in [1.54, 1.807) is 0 Å². The maximum Gasteiger partial charge on any atom is 0.306 e. The van der Waals surface area contributed by atoms with Crippen molar-refractivity contribution in [3.8, 4) is 0 Å². The Morgan fingerprint density at radius 1 is 0.762 bits per heavy atom. The Balaban J connectivity index is 3.39. The topological polar surface area (TPSA) is 52.6 Å². The van der Waals surface area contributed by atoms with Gasteiger partial charge < -0.3 is 9.47 Å². The van der Waals surface area contributed by atoms with Crippen molar-refractivity contribution in [2.45, 2.75) is 71.6 Å². The van der Waals surface area contributed by atoms with E-state index < -0.39 is 0 Å². The molecule has 0 bridgehead atoms. The van der Waals surface area contributed by atoms with E-state index in [1.165, 1.54) is 19.3 Å². The van der Waals surface area contributed by atoms with E-state index in [-0.39, 0.29) is 24.8 Å². The van der Waals surface area contributed by atoms with E-state index in [0.717, 1.165) is 25.7 Å². The molecule has 0 N–H and O–H groups in total. The van der Waals surface area contributed by atoms with E-state index in [4.69, 9.17) is 9.47 Å². The molecule has 0 radical (unpaired) electrons. The fourth-order valence-electron chi connectivity index (χ4n) is 1.70. The Bertz CT molecular complexity index is 297. The first-order chi connectivity index (χ1) is 10.2. The molecule has 0 unspecified atom stereocenters. The average molecular weight is 298 g/mol. The fraction of sp³-hybridized carbons (Fsp3) is 0.765. The van der Waals surface area contributed by atoms with Gasteiger partial charge in [-0.1, -0.05) is 38.8 Å². The molecule has 0 heterocycles. The van der Waals surface area contributed by atoms with E-state index >= 15 is 0 Å². The minimum absolute atomic E-state index is 0.107. The van der Waals surface area contributed by atoms with Crippen molar-refractivity contribution in [3.63, 3.8) is 0 Å². The van der Waals surface area contributed by atoms with Gasteiger partial charge >= 0.3 is 11.9 Å². The first kappa shape index (κ1) is 19.7. The molecule has 0 spiro atoms. The largest absolute Gasteiger partial charge is 0.466 e. The van der Waals surface area contributed by atoms with E-state index in [2.05, 4.69) is 19.1 Å². The van der Waals surface area contributed by atoms with Gasteiger partial charge in [0.15, 0.2) is 0 Å². The number of unbranched alkanes of at least 4 members (excludes halogenated alkanes) is 4. The summed E-state index contributed by atoms with van der Waals surface area (Å²) in [6, 6.07) is 0. The van der Waals surface area contributed by atoms with Crippen LogP contribution in [0.3, 0.4) is 0 Å². The Morgan fingerprint density at radius 2 is 1.33 bits per heavy atom. The first-order valence-corrected chi connectivity index (χ1v) is 8.16. The number of esters is 2. The molecule has 0 rings (SSSR count). The average Bonchev–Trinajstić information content (AvgIpc) is 2.49. The number of rotatable bonds is 13. The lowest BCUT2D eigenvalue weighted by Crippen LogP contribution is -2.11. The van der Waals surface area contributed by atoms with Crippen molar-refractivity contribution in [2.75, 3.05) is 13.2 Å². The van der Waals surface area contributed by atoms with Gasteiger partial charge in [0.05, 0.1) is 26.1 Å². The lowest BCUT2D eigenvalue weighted by atomic mass is 10.2. The van der Waals surface area contributed by atoms with Gasteiger partial charge in [-0.25, -0.2) is 0 Å². The van der Waals surface area contributed by atoms with Crippen molar-refractivity contribution < 1.29 is 19.1 Å². The van der Waals surface area contributed by atoms with Crippen molar-refractivity contribution >= 4 is 11.9 Å². The van der Waals surface area contributed by atoms with Crippen LogP contribution in [0.25, 0.3) is 0 Å². The highest BCUT2D eigenvalue weighted by Gasteiger charge is 2.08. The zero-order valence-corrected chi connectivity index (χ0v) is 13.6. The molecule has 0 aliphatic carbocycles. The van der Waals surface area contributed by atoms with Crippen LogP contribution in [-0.2, 0) is 19.1 Å². The molecule has 0 amide bonds. The third-order valence-electron chi connectivity index (χ3n) is 2.92. The second-order valence-electron chi connectivity index (χ2n) is 5.05. The van der Waals surface area contributed by atoms with Gasteiger partial charge in [0.1, 0.15) is 0 Å². The van der Waals surface area contributed by atoms with Gasteiger partial charge in [-0.15, -0.1) is 0 Å². The van der Waals surface area contributed by atoms with Crippen LogP contribution < -0.4 is 0 Å². The number of carbonyl (C=O) groups excluding carboxylic acids is 2. The van der Waals surface area contributed by atoms with Crippen molar-refractivity contribution in [1.82, 2.24) is 0 Å². The second-order valence-corrected chi connectivity index (χ2v) is 5.05. The zero-order valence-electron chi connectivity index (χ0n) is 13.6. The number of hydrogen-bond donors (Lipinski definition) is 0. The van der Waals surface area contributed by atoms with Crippen LogP contribution in [0.5, 0.6) is 0 Å². The normalized spacial score (nSPS) is 10.8. The molecular weight excluding hydrogens is 268 g/mol. The molecular formula is C17H30O4. The molecule has 0 saturated heterocycles. The lowest BCUT2D eigenvalue weighted by Gasteiger charge is -2.04. The third-order valence-corrected chi connectivity index (χ3v) is 2.92. The summed E-state index contributed by atoms with van der Waals surface area (Å²) in [6.45, 7) is 4.96. The third kappa shape index (κ3) is 14.9. The summed E-state index contributed by atoms with van der Waals surface area (Å²) < 4.78 is 9.94. The molecule has 21 heavy (non-hydrogen) atoms. The van der Waals surface area contributed by atoms with Crippen LogP contribution in [-0.4, -0.2) is 25.2 Å². The first-order valence-electron chi connectivity index (χ1n) is 8.16. The molecule has 0 aromatic carbocycles. The monoisotopic (exact) mass is 298 g/mol. The van der Waals surface area contributed by atoms with Gasteiger partial charge in [-0.3, -0.25) is 9.59 Å². The molecule has 0 aliphatic heterocycles. The molecule has 0 aliphatic rings. The predicted molar refractivity (Wildman–Crippen MR) is 84.0 cm³/mol. The smallest absolute Gasteiger partial charge is 0.306 e. The Hall–Kier alpha value is -1.32. The minimum atomic E-state index is -0.330. The molecule has 122 valence electrons. The molecule has 0 fully saturated rings. The SMILES string of the molecule is CCCCC/C=C/CCCOC(=O)CCC(=O)OCCC. The van der Waals surface area contributed by atoms with Crippen LogP contribution in [0.1, 0.15) is 71.6 Å². The zero-order chi connectivity index (χ0) is 15.8. The van der Waals surface area contributed by atoms with Crippen LogP contribution in [0.2, 0.25) is 0 Å². The summed E-state index contributed by atoms with van der Waals surface area (Å²) >= 11 is 0. The van der Waals surface area contributed by atoms with Gasteiger partial charge in [-0.2, -0.15) is 0 Å². The summed E-state index contributed by atoms with van der Waals surface area (Å²) in [7, 11) is 0. The van der Waals surface area contributed by atoms with Crippen molar-refractivity contribution in [2.24, 2.45) is 0 Å². The molecule has 0 aromatic heterocycles. The van der Waals surface area contributed by atoms with Gasteiger partial charge in [0.25, 0.3) is 0 Å². The summed E-state index contributed by atoms with van der Waals surface area (Å²) in [5.41, 5.74) is 0. The van der Waals surface area contributed by atoms with Crippen molar-refractivity contribution in [1.29, 1.82) is 0 Å². The summed E-state index contributed by atoms with van der Waals surface area (Å²) in [6.07, 6.45) is 12.0. The Morgan fingerprint density at radius 3 is 1.90 bits per heavy atom. The molecule has 0 aromatic rings. The number of hydrogen-bond acceptors (Lipinski definition) is 4. The number of ether oxygens (including phenoxy) is 2. The highest BCUT2D eigenvalue weighted by Crippen LogP contribution is 2.02. The molecule has 4 heteroatoms. The van der Waals surface area contributed by atoms with E-state index in [1.807, 2.05) is 6.92 Å². The van der Waals surface area contributed by atoms with E-state index in [9.17, 15) is 9.59 Å². The highest BCUT2D eigenvalue weighted by molar-refractivity contribution is 5.77. The van der Waals surface area contributed by atoms with Crippen molar-refractivity contribution in [3.05, 3.63) is 12.2 Å². The second kappa shape index (κ2) is 15.1. The quantitative estimate of drug-likeness (QED) is 0.291. The summed E-state index contributed by atoms with van der Waals surface area (Å²) in [4.78, 5) is 22.6.